The smallest absolute Gasteiger partial charge is 0.331 e. The molecule has 2 N–H and O–H groups in total. The Morgan fingerprint density at radius 3 is 2.47 bits per heavy atom. The van der Waals surface area contributed by atoms with Crippen molar-refractivity contribution in [2.75, 3.05) is 0 Å². The van der Waals surface area contributed by atoms with E-state index in [2.05, 4.69) is 5.32 Å². The number of carbonyl (C=O) groups is 2. The van der Waals surface area contributed by atoms with Crippen LogP contribution in [0.4, 0.5) is 4.39 Å². The van der Waals surface area contributed by atoms with Gasteiger partial charge in [-0.25, -0.2) is 9.18 Å². The van der Waals surface area contributed by atoms with Gasteiger partial charge in [0.2, 0.25) is 5.91 Å². The molecule has 0 fully saturated rings. The van der Waals surface area contributed by atoms with Crippen LogP contribution in [-0.2, 0) is 9.59 Å². The molecular weight excluding hydrogens is 201 g/mol. The summed E-state index contributed by atoms with van der Waals surface area (Å²) >= 11 is 0. The molecule has 0 aliphatic carbocycles. The molecule has 1 aromatic rings. The van der Waals surface area contributed by atoms with E-state index >= 15 is 0 Å². The Balaban J connectivity index is 3.04. The fourth-order valence-corrected chi connectivity index (χ4v) is 1.18. The van der Waals surface area contributed by atoms with Gasteiger partial charge in [-0.1, -0.05) is 18.2 Å². The van der Waals surface area contributed by atoms with Gasteiger partial charge in [0.25, 0.3) is 0 Å². The summed E-state index contributed by atoms with van der Waals surface area (Å²) in [7, 11) is 0. The zero-order valence-corrected chi connectivity index (χ0v) is 8.03. The third kappa shape index (κ3) is 2.77. The molecule has 0 saturated carbocycles. The molecule has 80 valence electrons. The van der Waals surface area contributed by atoms with Crippen molar-refractivity contribution < 1.29 is 19.1 Å². The molecule has 1 atom stereocenters. The number of carboxylic acids is 1. The van der Waals surface area contributed by atoms with Crippen LogP contribution in [0.15, 0.2) is 24.3 Å². The molecule has 4 nitrogen and oxygen atoms in total. The Morgan fingerprint density at radius 2 is 2.00 bits per heavy atom. The molecule has 1 aromatic carbocycles. The van der Waals surface area contributed by atoms with Crippen LogP contribution >= 0.6 is 0 Å². The number of hydrogen-bond acceptors (Lipinski definition) is 2. The summed E-state index contributed by atoms with van der Waals surface area (Å²) in [6, 6.07) is 4.09. The molecule has 0 radical (unpaired) electrons. The van der Waals surface area contributed by atoms with Crippen molar-refractivity contribution in [3.63, 3.8) is 0 Å². The molecule has 0 aromatic heterocycles. The number of rotatable bonds is 3. The molecular formula is C10H10FNO3. The van der Waals surface area contributed by atoms with E-state index in [1.807, 2.05) is 0 Å². The number of benzene rings is 1. The highest BCUT2D eigenvalue weighted by atomic mass is 19.1. The highest BCUT2D eigenvalue weighted by Gasteiger charge is 2.23. The molecule has 0 saturated heterocycles. The zero-order chi connectivity index (χ0) is 11.4. The number of amides is 1. The Kier molecular flexibility index (Phi) is 3.38. The molecule has 0 heterocycles. The van der Waals surface area contributed by atoms with Gasteiger partial charge >= 0.3 is 5.97 Å². The highest BCUT2D eigenvalue weighted by Crippen LogP contribution is 2.16. The standard InChI is InChI=1S/C10H10FNO3/c1-6(13)12-9(10(14)15)7-4-2-3-5-8(7)11/h2-5,9H,1H3,(H,12,13)(H,14,15)/t9-/m0/s1. The first-order valence-electron chi connectivity index (χ1n) is 4.26. The van der Waals surface area contributed by atoms with Gasteiger partial charge in [0.15, 0.2) is 6.04 Å². The summed E-state index contributed by atoms with van der Waals surface area (Å²) in [4.78, 5) is 21.6. The predicted molar refractivity (Wildman–Crippen MR) is 50.6 cm³/mol. The largest absolute Gasteiger partial charge is 0.479 e. The molecule has 0 spiro atoms. The third-order valence-corrected chi connectivity index (χ3v) is 1.81. The van der Waals surface area contributed by atoms with Crippen LogP contribution in [0.5, 0.6) is 0 Å². The first-order valence-corrected chi connectivity index (χ1v) is 4.26. The van der Waals surface area contributed by atoms with Crippen LogP contribution < -0.4 is 5.32 Å². The number of carbonyl (C=O) groups excluding carboxylic acids is 1. The minimum absolute atomic E-state index is 0.0554. The molecule has 0 aliphatic rings. The van der Waals surface area contributed by atoms with Crippen molar-refractivity contribution in [1.82, 2.24) is 5.32 Å². The van der Waals surface area contributed by atoms with Gasteiger partial charge in [0.1, 0.15) is 5.82 Å². The second-order valence-electron chi connectivity index (χ2n) is 2.99. The molecule has 15 heavy (non-hydrogen) atoms. The van der Waals surface area contributed by atoms with Crippen molar-refractivity contribution in [2.24, 2.45) is 0 Å². The highest BCUT2D eigenvalue weighted by molar-refractivity contribution is 5.83. The number of hydrogen-bond donors (Lipinski definition) is 2. The maximum atomic E-state index is 13.2. The van der Waals surface area contributed by atoms with Crippen LogP contribution in [0.3, 0.4) is 0 Å². The monoisotopic (exact) mass is 211 g/mol. The molecule has 0 unspecified atom stereocenters. The quantitative estimate of drug-likeness (QED) is 0.786. The van der Waals surface area contributed by atoms with Gasteiger partial charge in [0, 0.05) is 12.5 Å². The Labute approximate surface area is 85.7 Å². The van der Waals surface area contributed by atoms with E-state index in [1.54, 1.807) is 0 Å². The van der Waals surface area contributed by atoms with E-state index in [0.29, 0.717) is 0 Å². The van der Waals surface area contributed by atoms with Gasteiger partial charge in [0.05, 0.1) is 0 Å². The van der Waals surface area contributed by atoms with Gasteiger partial charge in [-0.2, -0.15) is 0 Å². The fourth-order valence-electron chi connectivity index (χ4n) is 1.18. The van der Waals surface area contributed by atoms with E-state index in [-0.39, 0.29) is 5.56 Å². The van der Waals surface area contributed by atoms with Gasteiger partial charge in [-0.3, -0.25) is 4.79 Å². The van der Waals surface area contributed by atoms with Crippen molar-refractivity contribution in [3.8, 4) is 0 Å². The lowest BCUT2D eigenvalue weighted by Crippen LogP contribution is -2.32. The van der Waals surface area contributed by atoms with Gasteiger partial charge in [-0.05, 0) is 6.07 Å². The minimum Gasteiger partial charge on any atom is -0.479 e. The second kappa shape index (κ2) is 4.54. The normalized spacial score (nSPS) is 11.9. The average Bonchev–Trinajstić information content (AvgIpc) is 2.15. The van der Waals surface area contributed by atoms with E-state index in [9.17, 15) is 14.0 Å². The lowest BCUT2D eigenvalue weighted by atomic mass is 10.1. The Morgan fingerprint density at radius 1 is 1.40 bits per heavy atom. The molecule has 0 aliphatic heterocycles. The molecule has 5 heteroatoms. The number of carboxylic acid groups (broad SMARTS) is 1. The molecule has 0 bridgehead atoms. The lowest BCUT2D eigenvalue weighted by Gasteiger charge is -2.13. The van der Waals surface area contributed by atoms with E-state index in [4.69, 9.17) is 5.11 Å². The summed E-state index contributed by atoms with van der Waals surface area (Å²) in [6.45, 7) is 1.18. The Hall–Kier alpha value is -1.91. The van der Waals surface area contributed by atoms with E-state index in [0.717, 1.165) is 6.07 Å². The van der Waals surface area contributed by atoms with Crippen LogP contribution in [0.2, 0.25) is 0 Å². The first-order chi connectivity index (χ1) is 7.02. The summed E-state index contributed by atoms with van der Waals surface area (Å²) in [6.07, 6.45) is 0. The summed E-state index contributed by atoms with van der Waals surface area (Å²) in [5, 5.41) is 11.0. The summed E-state index contributed by atoms with van der Waals surface area (Å²) in [5.41, 5.74) is -0.0554. The number of halogens is 1. The maximum absolute atomic E-state index is 13.2. The van der Waals surface area contributed by atoms with E-state index in [1.165, 1.54) is 25.1 Å². The summed E-state index contributed by atoms with van der Waals surface area (Å²) in [5.74, 6) is -2.47. The van der Waals surface area contributed by atoms with Crippen LogP contribution in [0.25, 0.3) is 0 Å². The van der Waals surface area contributed by atoms with Crippen LogP contribution in [0.1, 0.15) is 18.5 Å². The van der Waals surface area contributed by atoms with Crippen molar-refractivity contribution >= 4 is 11.9 Å². The van der Waals surface area contributed by atoms with Gasteiger partial charge in [-0.15, -0.1) is 0 Å². The van der Waals surface area contributed by atoms with Crippen LogP contribution in [-0.4, -0.2) is 17.0 Å². The molecule has 1 rings (SSSR count). The van der Waals surface area contributed by atoms with E-state index < -0.39 is 23.7 Å². The van der Waals surface area contributed by atoms with Gasteiger partial charge < -0.3 is 10.4 Å². The zero-order valence-electron chi connectivity index (χ0n) is 8.03. The minimum atomic E-state index is -1.34. The number of nitrogens with one attached hydrogen (secondary N) is 1. The lowest BCUT2D eigenvalue weighted by molar-refractivity contribution is -0.141. The predicted octanol–water partition coefficient (Wildman–Crippen LogP) is 1.09. The van der Waals surface area contributed by atoms with Crippen LogP contribution in [0, 0.1) is 5.82 Å². The SMILES string of the molecule is CC(=O)N[C@H](C(=O)O)c1ccccc1F. The topological polar surface area (TPSA) is 66.4 Å². The van der Waals surface area contributed by atoms with Crippen molar-refractivity contribution in [3.05, 3.63) is 35.6 Å². The fraction of sp³-hybridized carbons (Fsp3) is 0.200. The maximum Gasteiger partial charge on any atom is 0.331 e. The Bertz CT molecular complexity index is 392. The molecule has 1 amide bonds. The summed E-state index contributed by atoms with van der Waals surface area (Å²) < 4.78 is 13.2. The van der Waals surface area contributed by atoms with Crippen molar-refractivity contribution in [1.29, 1.82) is 0 Å². The second-order valence-corrected chi connectivity index (χ2v) is 2.99. The first kappa shape index (κ1) is 11.2. The number of aliphatic carboxylic acids is 1. The van der Waals surface area contributed by atoms with Crippen molar-refractivity contribution in [2.45, 2.75) is 13.0 Å². The average molecular weight is 211 g/mol. The third-order valence-electron chi connectivity index (χ3n) is 1.81.